The molecule has 0 aromatic heterocycles. The number of nitrogens with two attached hydrogens (primary N) is 1. The predicted octanol–water partition coefficient (Wildman–Crippen LogP) is 4.10. The Labute approximate surface area is 125 Å². The van der Waals surface area contributed by atoms with E-state index in [1.54, 1.807) is 0 Å². The van der Waals surface area contributed by atoms with Crippen LogP contribution in [0.15, 0.2) is 56.3 Å². The Kier molecular flexibility index (Phi) is 4.59. The molecule has 0 spiro atoms. The lowest BCUT2D eigenvalue weighted by atomic mass is 10.2. The summed E-state index contributed by atoms with van der Waals surface area (Å²) in [7, 11) is -1.06. The largest absolute Gasteiger partial charge is 0.398 e. The lowest BCUT2D eigenvalue weighted by Crippen LogP contribution is -1.98. The second-order valence-corrected chi connectivity index (χ2v) is 7.02. The molecular formula is C13H11Br2NOS. The monoisotopic (exact) mass is 387 g/mol. The highest BCUT2D eigenvalue weighted by atomic mass is 79.9. The van der Waals surface area contributed by atoms with Crippen molar-refractivity contribution in [2.75, 3.05) is 5.73 Å². The van der Waals surface area contributed by atoms with Crippen LogP contribution in [0, 0.1) is 0 Å². The molecule has 18 heavy (non-hydrogen) atoms. The van der Waals surface area contributed by atoms with Crippen molar-refractivity contribution in [3.8, 4) is 0 Å². The summed E-state index contributed by atoms with van der Waals surface area (Å²) in [5, 5.41) is 0. The Morgan fingerprint density at radius 2 is 1.89 bits per heavy atom. The van der Waals surface area contributed by atoms with Crippen molar-refractivity contribution in [1.82, 2.24) is 0 Å². The first-order chi connectivity index (χ1) is 8.56. The smallest absolute Gasteiger partial charge is 0.0574 e. The Morgan fingerprint density at radius 1 is 1.11 bits per heavy atom. The molecule has 0 heterocycles. The van der Waals surface area contributed by atoms with Crippen LogP contribution in [-0.2, 0) is 16.6 Å². The van der Waals surface area contributed by atoms with Crippen LogP contribution in [0.3, 0.4) is 0 Å². The summed E-state index contributed by atoms with van der Waals surface area (Å²) < 4.78 is 14.0. The van der Waals surface area contributed by atoms with Crippen molar-refractivity contribution in [2.45, 2.75) is 10.6 Å². The van der Waals surface area contributed by atoms with Crippen LogP contribution >= 0.6 is 31.9 Å². The van der Waals surface area contributed by atoms with E-state index >= 15 is 0 Å². The van der Waals surface area contributed by atoms with Gasteiger partial charge >= 0.3 is 0 Å². The van der Waals surface area contributed by atoms with E-state index in [0.29, 0.717) is 11.4 Å². The van der Waals surface area contributed by atoms with Gasteiger partial charge in [-0.15, -0.1) is 0 Å². The van der Waals surface area contributed by atoms with Crippen molar-refractivity contribution < 1.29 is 4.21 Å². The first kappa shape index (κ1) is 13.8. The van der Waals surface area contributed by atoms with Crippen LogP contribution in [-0.4, -0.2) is 4.21 Å². The fourth-order valence-corrected chi connectivity index (χ4v) is 3.46. The molecule has 1 atom stereocenters. The van der Waals surface area contributed by atoms with Gasteiger partial charge in [0.25, 0.3) is 0 Å². The Bertz CT molecular complexity index is 601. The third kappa shape index (κ3) is 3.43. The molecule has 2 aromatic rings. The summed E-state index contributed by atoms with van der Waals surface area (Å²) in [5.41, 5.74) is 7.44. The number of hydrogen-bond acceptors (Lipinski definition) is 2. The summed E-state index contributed by atoms with van der Waals surface area (Å²) in [6.07, 6.45) is 0. The zero-order chi connectivity index (χ0) is 13.1. The molecular weight excluding hydrogens is 378 g/mol. The van der Waals surface area contributed by atoms with Gasteiger partial charge in [0, 0.05) is 19.5 Å². The maximum Gasteiger partial charge on any atom is 0.0574 e. The quantitative estimate of drug-likeness (QED) is 0.804. The second-order valence-electron chi connectivity index (χ2n) is 3.80. The fraction of sp³-hybridized carbons (Fsp3) is 0.0769. The molecule has 0 bridgehead atoms. The zero-order valence-corrected chi connectivity index (χ0v) is 13.4. The second kappa shape index (κ2) is 5.99. The van der Waals surface area contributed by atoms with Gasteiger partial charge in [-0.25, -0.2) is 0 Å². The van der Waals surface area contributed by atoms with Gasteiger partial charge in [0.2, 0.25) is 0 Å². The molecule has 0 radical (unpaired) electrons. The highest BCUT2D eigenvalue weighted by Gasteiger charge is 2.07. The van der Waals surface area contributed by atoms with E-state index in [2.05, 4.69) is 31.9 Å². The standard InChI is InChI=1S/C13H11Br2NOS/c14-10-2-1-3-11(7-10)18(17)8-9-4-5-12(15)13(16)6-9/h1-7H,8,16H2. The fourth-order valence-electron chi connectivity index (χ4n) is 1.53. The molecule has 0 aliphatic heterocycles. The normalized spacial score (nSPS) is 12.3. The van der Waals surface area contributed by atoms with Gasteiger partial charge in [-0.05, 0) is 51.8 Å². The van der Waals surface area contributed by atoms with Gasteiger partial charge in [0.1, 0.15) is 0 Å². The molecule has 2 aromatic carbocycles. The summed E-state index contributed by atoms with van der Waals surface area (Å²) in [6, 6.07) is 13.2. The summed E-state index contributed by atoms with van der Waals surface area (Å²) in [5.74, 6) is 0.466. The van der Waals surface area contributed by atoms with Crippen molar-refractivity contribution in [3.63, 3.8) is 0 Å². The van der Waals surface area contributed by atoms with Gasteiger partial charge < -0.3 is 5.73 Å². The molecule has 2 nitrogen and oxygen atoms in total. The lowest BCUT2D eigenvalue weighted by Gasteiger charge is -2.05. The third-order valence-electron chi connectivity index (χ3n) is 2.42. The topological polar surface area (TPSA) is 43.1 Å². The maximum absolute atomic E-state index is 12.2. The van der Waals surface area contributed by atoms with E-state index in [0.717, 1.165) is 19.4 Å². The zero-order valence-electron chi connectivity index (χ0n) is 9.40. The maximum atomic E-state index is 12.2. The molecule has 2 rings (SSSR count). The van der Waals surface area contributed by atoms with Crippen LogP contribution in [0.25, 0.3) is 0 Å². The number of rotatable bonds is 3. The minimum atomic E-state index is -1.06. The third-order valence-corrected chi connectivity index (χ3v) is 5.01. The summed E-state index contributed by atoms with van der Waals surface area (Å²) >= 11 is 6.72. The van der Waals surface area contributed by atoms with Crippen LogP contribution in [0.5, 0.6) is 0 Å². The van der Waals surface area contributed by atoms with E-state index < -0.39 is 10.8 Å². The Hall–Kier alpha value is -0.650. The van der Waals surface area contributed by atoms with E-state index in [4.69, 9.17) is 5.73 Å². The highest BCUT2D eigenvalue weighted by Crippen LogP contribution is 2.22. The molecule has 0 saturated heterocycles. The number of hydrogen-bond donors (Lipinski definition) is 1. The van der Waals surface area contributed by atoms with Crippen LogP contribution in [0.2, 0.25) is 0 Å². The van der Waals surface area contributed by atoms with Crippen molar-refractivity contribution in [2.24, 2.45) is 0 Å². The van der Waals surface area contributed by atoms with Crippen molar-refractivity contribution in [3.05, 3.63) is 57.0 Å². The number of anilines is 1. The Balaban J connectivity index is 2.18. The average Bonchev–Trinajstić information content (AvgIpc) is 2.34. The first-order valence-corrected chi connectivity index (χ1v) is 8.14. The van der Waals surface area contributed by atoms with E-state index in [-0.39, 0.29) is 0 Å². The molecule has 0 fully saturated rings. The molecule has 0 saturated carbocycles. The summed E-state index contributed by atoms with van der Waals surface area (Å²) in [4.78, 5) is 0.811. The van der Waals surface area contributed by atoms with Crippen LogP contribution in [0.4, 0.5) is 5.69 Å². The van der Waals surface area contributed by atoms with Gasteiger partial charge in [-0.3, -0.25) is 4.21 Å². The molecule has 0 aliphatic carbocycles. The average molecular weight is 389 g/mol. The number of halogens is 2. The van der Waals surface area contributed by atoms with E-state index in [9.17, 15) is 4.21 Å². The minimum Gasteiger partial charge on any atom is -0.398 e. The van der Waals surface area contributed by atoms with E-state index in [1.807, 2.05) is 42.5 Å². The van der Waals surface area contributed by atoms with Crippen molar-refractivity contribution in [1.29, 1.82) is 0 Å². The highest BCUT2D eigenvalue weighted by molar-refractivity contribution is 9.10. The van der Waals surface area contributed by atoms with Crippen LogP contribution < -0.4 is 5.73 Å². The molecule has 2 N–H and O–H groups in total. The molecule has 0 amide bonds. The first-order valence-electron chi connectivity index (χ1n) is 5.24. The minimum absolute atomic E-state index is 0.466. The van der Waals surface area contributed by atoms with Gasteiger partial charge in [-0.1, -0.05) is 28.1 Å². The van der Waals surface area contributed by atoms with Crippen molar-refractivity contribution >= 4 is 48.3 Å². The number of nitrogen functional groups attached to an aromatic ring is 1. The predicted molar refractivity (Wildman–Crippen MR) is 82.8 cm³/mol. The lowest BCUT2D eigenvalue weighted by molar-refractivity contribution is 0.682. The van der Waals surface area contributed by atoms with Crippen LogP contribution in [0.1, 0.15) is 5.56 Å². The summed E-state index contributed by atoms with van der Waals surface area (Å²) in [6.45, 7) is 0. The molecule has 0 aliphatic rings. The molecule has 5 heteroatoms. The SMILES string of the molecule is Nc1cc(CS(=O)c2cccc(Br)c2)ccc1Br. The molecule has 1 unspecified atom stereocenters. The van der Waals surface area contributed by atoms with Gasteiger partial charge in [0.05, 0.1) is 16.6 Å². The van der Waals surface area contributed by atoms with Gasteiger partial charge in [-0.2, -0.15) is 0 Å². The van der Waals surface area contributed by atoms with E-state index in [1.165, 1.54) is 0 Å². The molecule has 94 valence electrons. The van der Waals surface area contributed by atoms with Gasteiger partial charge in [0.15, 0.2) is 0 Å². The Morgan fingerprint density at radius 3 is 2.56 bits per heavy atom. The number of benzene rings is 2.